The van der Waals surface area contributed by atoms with E-state index in [1.165, 1.54) is 24.9 Å². The van der Waals surface area contributed by atoms with E-state index in [0.717, 1.165) is 27.6 Å². The molecule has 0 fully saturated rings. The molecular weight excluding hydrogens is 465 g/mol. The summed E-state index contributed by atoms with van der Waals surface area (Å²) in [7, 11) is 1.37. The molecule has 0 bridgehead atoms. The van der Waals surface area contributed by atoms with Crippen molar-refractivity contribution in [2.24, 2.45) is 4.99 Å². The molecule has 0 radical (unpaired) electrons. The van der Waals surface area contributed by atoms with Gasteiger partial charge in [-0.05, 0) is 42.9 Å². The molecule has 0 aliphatic carbocycles. The van der Waals surface area contributed by atoms with Crippen LogP contribution in [0, 0.1) is 19.7 Å². The van der Waals surface area contributed by atoms with Crippen LogP contribution in [0.4, 0.5) is 4.39 Å². The molecule has 182 valence electrons. The van der Waals surface area contributed by atoms with Crippen molar-refractivity contribution in [1.29, 1.82) is 0 Å². The van der Waals surface area contributed by atoms with Gasteiger partial charge in [0.15, 0.2) is 5.17 Å². The minimum atomic E-state index is -0.467. The summed E-state index contributed by atoms with van der Waals surface area (Å²) < 4.78 is 19.1. The zero-order chi connectivity index (χ0) is 25.1. The SMILES string of the molecule is CCC1=C(C(=O)OC)C(c2ccc(C)cc2C)N2C(CC(=O)NCc3ccccc3F)=CSC2=N1. The van der Waals surface area contributed by atoms with Crippen LogP contribution in [0.15, 0.2) is 69.8 Å². The van der Waals surface area contributed by atoms with Crippen LogP contribution in [0.3, 0.4) is 0 Å². The monoisotopic (exact) mass is 493 g/mol. The van der Waals surface area contributed by atoms with Crippen molar-refractivity contribution in [3.05, 3.63) is 92.9 Å². The van der Waals surface area contributed by atoms with Gasteiger partial charge in [0.2, 0.25) is 5.91 Å². The van der Waals surface area contributed by atoms with Gasteiger partial charge in [0, 0.05) is 17.8 Å². The molecule has 6 nitrogen and oxygen atoms in total. The van der Waals surface area contributed by atoms with Gasteiger partial charge < -0.3 is 15.0 Å². The Bertz CT molecular complexity index is 1270. The predicted molar refractivity (Wildman–Crippen MR) is 136 cm³/mol. The lowest BCUT2D eigenvalue weighted by Gasteiger charge is -2.37. The number of allylic oxidation sites excluding steroid dienone is 1. The molecule has 1 unspecified atom stereocenters. The van der Waals surface area contributed by atoms with Crippen molar-refractivity contribution in [3.8, 4) is 0 Å². The normalized spacial score (nSPS) is 17.1. The highest BCUT2D eigenvalue weighted by molar-refractivity contribution is 8.16. The third kappa shape index (κ3) is 5.03. The van der Waals surface area contributed by atoms with Crippen LogP contribution in [0.25, 0.3) is 0 Å². The Morgan fingerprint density at radius 1 is 1.20 bits per heavy atom. The quantitative estimate of drug-likeness (QED) is 0.531. The Morgan fingerprint density at radius 2 is 1.97 bits per heavy atom. The van der Waals surface area contributed by atoms with E-state index in [4.69, 9.17) is 9.73 Å². The first-order chi connectivity index (χ1) is 16.8. The minimum Gasteiger partial charge on any atom is -0.466 e. The number of hydrogen-bond donors (Lipinski definition) is 1. The van der Waals surface area contributed by atoms with Gasteiger partial charge in [0.05, 0.1) is 30.8 Å². The summed E-state index contributed by atoms with van der Waals surface area (Å²) in [5.41, 5.74) is 5.41. The van der Waals surface area contributed by atoms with Gasteiger partial charge in [-0.3, -0.25) is 4.79 Å². The van der Waals surface area contributed by atoms with Crippen LogP contribution in [0.5, 0.6) is 0 Å². The Kier molecular flexibility index (Phi) is 7.40. The van der Waals surface area contributed by atoms with Gasteiger partial charge in [-0.15, -0.1) is 0 Å². The molecule has 4 rings (SSSR count). The highest BCUT2D eigenvalue weighted by Crippen LogP contribution is 2.46. The first-order valence-corrected chi connectivity index (χ1v) is 12.3. The Balaban J connectivity index is 1.66. The molecule has 0 saturated carbocycles. The molecule has 2 aliphatic heterocycles. The number of amides is 1. The second kappa shape index (κ2) is 10.5. The third-order valence-electron chi connectivity index (χ3n) is 6.12. The number of esters is 1. The number of carbonyl (C=O) groups is 2. The minimum absolute atomic E-state index is 0.0673. The second-order valence-corrected chi connectivity index (χ2v) is 9.34. The number of benzene rings is 2. The topological polar surface area (TPSA) is 71.0 Å². The van der Waals surface area contributed by atoms with Crippen LogP contribution in [0.2, 0.25) is 0 Å². The fourth-order valence-electron chi connectivity index (χ4n) is 4.40. The first-order valence-electron chi connectivity index (χ1n) is 11.5. The van der Waals surface area contributed by atoms with E-state index < -0.39 is 12.0 Å². The third-order valence-corrected chi connectivity index (χ3v) is 7.01. The number of thioether (sulfide) groups is 1. The van der Waals surface area contributed by atoms with E-state index in [-0.39, 0.29) is 24.7 Å². The number of methoxy groups -OCH3 is 1. The molecule has 2 aromatic rings. The highest BCUT2D eigenvalue weighted by Gasteiger charge is 2.42. The number of fused-ring (bicyclic) bond motifs is 1. The Labute approximate surface area is 209 Å². The molecule has 2 heterocycles. The van der Waals surface area contributed by atoms with Gasteiger partial charge in [0.25, 0.3) is 0 Å². The van der Waals surface area contributed by atoms with Crippen molar-refractivity contribution in [2.45, 2.75) is 46.2 Å². The smallest absolute Gasteiger partial charge is 0.338 e. The van der Waals surface area contributed by atoms with E-state index in [2.05, 4.69) is 11.4 Å². The summed E-state index contributed by atoms with van der Waals surface area (Å²) in [6.45, 7) is 6.10. The van der Waals surface area contributed by atoms with E-state index >= 15 is 0 Å². The molecule has 1 atom stereocenters. The summed E-state index contributed by atoms with van der Waals surface area (Å²) in [4.78, 5) is 32.5. The molecule has 1 amide bonds. The number of halogens is 1. The van der Waals surface area contributed by atoms with E-state index in [1.54, 1.807) is 18.2 Å². The van der Waals surface area contributed by atoms with E-state index in [9.17, 15) is 14.0 Å². The molecule has 2 aliphatic rings. The van der Waals surface area contributed by atoms with Gasteiger partial charge in [0.1, 0.15) is 5.82 Å². The zero-order valence-corrected chi connectivity index (χ0v) is 21.0. The summed E-state index contributed by atoms with van der Waals surface area (Å²) in [6.07, 6.45) is 0.639. The lowest BCUT2D eigenvalue weighted by atomic mass is 9.89. The van der Waals surface area contributed by atoms with E-state index in [0.29, 0.717) is 23.3 Å². The fourth-order valence-corrected chi connectivity index (χ4v) is 5.34. The van der Waals surface area contributed by atoms with Crippen LogP contribution in [-0.4, -0.2) is 29.1 Å². The molecule has 35 heavy (non-hydrogen) atoms. The maximum absolute atomic E-state index is 14.0. The Hall–Kier alpha value is -3.39. The average Bonchev–Trinajstić information content (AvgIpc) is 3.24. The lowest BCUT2D eigenvalue weighted by molar-refractivity contribution is -0.136. The molecule has 0 aromatic heterocycles. The van der Waals surface area contributed by atoms with Crippen molar-refractivity contribution in [1.82, 2.24) is 10.2 Å². The zero-order valence-electron chi connectivity index (χ0n) is 20.2. The standard InChI is InChI=1S/C27H28FN3O3S/c1-5-22-24(26(33)34-4)25(20-11-10-16(2)12-17(20)3)31-19(15-35-27(31)30-22)13-23(32)29-14-18-8-6-7-9-21(18)28/h6-12,15,25H,5,13-14H2,1-4H3,(H,29,32). The van der Waals surface area contributed by atoms with Crippen molar-refractivity contribution in [2.75, 3.05) is 7.11 Å². The van der Waals surface area contributed by atoms with Crippen LogP contribution < -0.4 is 5.32 Å². The number of hydrogen-bond acceptors (Lipinski definition) is 6. The number of nitrogens with one attached hydrogen (secondary N) is 1. The van der Waals surface area contributed by atoms with Gasteiger partial charge in [-0.25, -0.2) is 14.2 Å². The molecule has 1 N–H and O–H groups in total. The number of carbonyl (C=O) groups excluding carboxylic acids is 2. The number of ether oxygens (including phenoxy) is 1. The van der Waals surface area contributed by atoms with Gasteiger partial charge in [-0.1, -0.05) is 60.6 Å². The Morgan fingerprint density at radius 3 is 2.66 bits per heavy atom. The van der Waals surface area contributed by atoms with Crippen LogP contribution >= 0.6 is 11.8 Å². The number of amidine groups is 1. The fraction of sp³-hybridized carbons (Fsp3) is 0.296. The molecule has 2 aromatic carbocycles. The van der Waals surface area contributed by atoms with Crippen molar-refractivity contribution >= 4 is 28.8 Å². The molecule has 8 heteroatoms. The maximum Gasteiger partial charge on any atom is 0.338 e. The summed E-state index contributed by atoms with van der Waals surface area (Å²) >= 11 is 1.43. The van der Waals surface area contributed by atoms with Gasteiger partial charge in [-0.2, -0.15) is 0 Å². The molecular formula is C27H28FN3O3S. The highest BCUT2D eigenvalue weighted by atomic mass is 32.2. The number of nitrogens with zero attached hydrogens (tertiary/aromatic N) is 2. The number of aryl methyl sites for hydroxylation is 2. The van der Waals surface area contributed by atoms with Crippen LogP contribution in [-0.2, 0) is 20.9 Å². The molecule has 0 spiro atoms. The van der Waals surface area contributed by atoms with Crippen molar-refractivity contribution in [3.63, 3.8) is 0 Å². The second-order valence-electron chi connectivity index (χ2n) is 8.50. The predicted octanol–water partition coefficient (Wildman–Crippen LogP) is 5.29. The van der Waals surface area contributed by atoms with E-state index in [1.807, 2.05) is 43.2 Å². The average molecular weight is 494 g/mol. The summed E-state index contributed by atoms with van der Waals surface area (Å²) in [5, 5.41) is 5.41. The van der Waals surface area contributed by atoms with Crippen LogP contribution in [0.1, 0.15) is 48.1 Å². The lowest BCUT2D eigenvalue weighted by Crippen LogP contribution is -2.38. The number of aliphatic imine (C=N–C) groups is 1. The molecule has 0 saturated heterocycles. The number of rotatable bonds is 7. The summed E-state index contributed by atoms with van der Waals surface area (Å²) in [6, 6.07) is 12.0. The van der Waals surface area contributed by atoms with Gasteiger partial charge >= 0.3 is 5.97 Å². The maximum atomic E-state index is 14.0. The first kappa shape index (κ1) is 24.7. The largest absolute Gasteiger partial charge is 0.466 e. The van der Waals surface area contributed by atoms with Crippen molar-refractivity contribution < 1.29 is 18.7 Å². The summed E-state index contributed by atoms with van der Waals surface area (Å²) in [5.74, 6) is -1.04.